The Morgan fingerprint density at radius 3 is 1.95 bits per heavy atom. The quantitative estimate of drug-likeness (QED) is 0.817. The summed E-state index contributed by atoms with van der Waals surface area (Å²) in [5.41, 5.74) is 0.174. The number of carboxylic acid groups (broad SMARTS) is 1. The average molecular weight is 324 g/mol. The molecule has 0 bridgehead atoms. The van der Waals surface area contributed by atoms with Crippen molar-refractivity contribution in [2.24, 2.45) is 0 Å². The van der Waals surface area contributed by atoms with E-state index in [2.05, 4.69) is 17.1 Å². The SMILES string of the molecule is CC(=O)N(C1CCNCC1)C1(C)CCC1.O=C(O)C(F)(F)F. The zero-order valence-electron chi connectivity index (χ0n) is 12.9. The van der Waals surface area contributed by atoms with Crippen LogP contribution in [0.5, 0.6) is 0 Å². The van der Waals surface area contributed by atoms with E-state index in [-0.39, 0.29) is 11.4 Å². The van der Waals surface area contributed by atoms with E-state index in [1.165, 1.54) is 19.3 Å². The van der Waals surface area contributed by atoms with Gasteiger partial charge in [-0.3, -0.25) is 4.79 Å². The van der Waals surface area contributed by atoms with Crippen LogP contribution >= 0.6 is 0 Å². The maximum absolute atomic E-state index is 11.8. The summed E-state index contributed by atoms with van der Waals surface area (Å²) in [5.74, 6) is -2.49. The van der Waals surface area contributed by atoms with E-state index in [9.17, 15) is 18.0 Å². The van der Waals surface area contributed by atoms with Crippen LogP contribution in [-0.4, -0.2) is 52.7 Å². The summed E-state index contributed by atoms with van der Waals surface area (Å²) < 4.78 is 31.7. The van der Waals surface area contributed by atoms with Crippen molar-refractivity contribution < 1.29 is 27.9 Å². The van der Waals surface area contributed by atoms with Crippen LogP contribution in [0.3, 0.4) is 0 Å². The second kappa shape index (κ2) is 7.30. The van der Waals surface area contributed by atoms with Crippen LogP contribution in [0.25, 0.3) is 0 Å². The fourth-order valence-electron chi connectivity index (χ4n) is 3.07. The van der Waals surface area contributed by atoms with Crippen molar-refractivity contribution in [2.75, 3.05) is 13.1 Å². The van der Waals surface area contributed by atoms with Gasteiger partial charge >= 0.3 is 12.1 Å². The molecule has 1 saturated heterocycles. The van der Waals surface area contributed by atoms with E-state index >= 15 is 0 Å². The monoisotopic (exact) mass is 324 g/mol. The first-order valence-corrected chi connectivity index (χ1v) is 7.38. The number of hydrogen-bond donors (Lipinski definition) is 2. The highest BCUT2D eigenvalue weighted by atomic mass is 19.4. The van der Waals surface area contributed by atoms with Crippen molar-refractivity contribution in [3.8, 4) is 0 Å². The molecule has 0 aromatic heterocycles. The predicted octanol–water partition coefficient (Wildman–Crippen LogP) is 2.16. The van der Waals surface area contributed by atoms with Crippen LogP contribution in [0.4, 0.5) is 13.2 Å². The van der Waals surface area contributed by atoms with Gasteiger partial charge < -0.3 is 15.3 Å². The maximum Gasteiger partial charge on any atom is 0.490 e. The number of carbonyl (C=O) groups excluding carboxylic acids is 1. The van der Waals surface area contributed by atoms with Crippen molar-refractivity contribution in [2.45, 2.75) is 63.7 Å². The zero-order chi connectivity index (χ0) is 17.0. The van der Waals surface area contributed by atoms with Gasteiger partial charge in [0.1, 0.15) is 0 Å². The number of piperidine rings is 1. The molecule has 2 fully saturated rings. The minimum atomic E-state index is -5.08. The number of carboxylic acids is 1. The van der Waals surface area contributed by atoms with Gasteiger partial charge in [0.2, 0.25) is 5.91 Å². The van der Waals surface area contributed by atoms with E-state index in [0.717, 1.165) is 25.9 Å². The third kappa shape index (κ3) is 4.86. The lowest BCUT2D eigenvalue weighted by Crippen LogP contribution is -2.59. The number of nitrogens with one attached hydrogen (secondary N) is 1. The summed E-state index contributed by atoms with van der Waals surface area (Å²) in [5, 5.41) is 10.5. The number of amides is 1. The molecule has 2 aliphatic rings. The Kier molecular flexibility index (Phi) is 6.22. The van der Waals surface area contributed by atoms with Crippen molar-refractivity contribution in [1.29, 1.82) is 0 Å². The van der Waals surface area contributed by atoms with Gasteiger partial charge in [0.25, 0.3) is 0 Å². The third-order valence-electron chi connectivity index (χ3n) is 4.27. The van der Waals surface area contributed by atoms with Gasteiger partial charge in [-0.1, -0.05) is 0 Å². The number of rotatable bonds is 2. The van der Waals surface area contributed by atoms with E-state index in [0.29, 0.717) is 6.04 Å². The predicted molar refractivity (Wildman–Crippen MR) is 74.4 cm³/mol. The van der Waals surface area contributed by atoms with Gasteiger partial charge in [0.05, 0.1) is 0 Å². The van der Waals surface area contributed by atoms with Crippen molar-refractivity contribution >= 4 is 11.9 Å². The molecule has 0 aromatic rings. The molecule has 22 heavy (non-hydrogen) atoms. The average Bonchev–Trinajstić information content (AvgIpc) is 2.37. The molecule has 1 aliphatic heterocycles. The molecule has 1 saturated carbocycles. The first-order valence-electron chi connectivity index (χ1n) is 7.38. The number of carbonyl (C=O) groups is 2. The molecule has 128 valence electrons. The molecule has 2 rings (SSSR count). The van der Waals surface area contributed by atoms with Gasteiger partial charge in [-0.25, -0.2) is 4.79 Å². The van der Waals surface area contributed by atoms with E-state index < -0.39 is 12.1 Å². The van der Waals surface area contributed by atoms with Crippen molar-refractivity contribution in [3.05, 3.63) is 0 Å². The Balaban J connectivity index is 0.000000295. The molecular formula is C14H23F3N2O3. The molecule has 5 nitrogen and oxygen atoms in total. The normalized spacial score (nSPS) is 21.1. The Morgan fingerprint density at radius 2 is 1.68 bits per heavy atom. The topological polar surface area (TPSA) is 69.6 Å². The van der Waals surface area contributed by atoms with Crippen LogP contribution in [0.15, 0.2) is 0 Å². The summed E-state index contributed by atoms with van der Waals surface area (Å²) in [7, 11) is 0. The molecule has 0 aromatic carbocycles. The fourth-order valence-corrected chi connectivity index (χ4v) is 3.07. The number of aliphatic carboxylic acids is 1. The van der Waals surface area contributed by atoms with Crippen molar-refractivity contribution in [3.63, 3.8) is 0 Å². The van der Waals surface area contributed by atoms with Gasteiger partial charge in [-0.2, -0.15) is 13.2 Å². The Hall–Kier alpha value is -1.31. The van der Waals surface area contributed by atoms with Gasteiger partial charge in [0, 0.05) is 18.5 Å². The second-order valence-corrected chi connectivity index (χ2v) is 6.02. The first kappa shape index (κ1) is 18.7. The smallest absolute Gasteiger partial charge is 0.475 e. The largest absolute Gasteiger partial charge is 0.490 e. The van der Waals surface area contributed by atoms with Gasteiger partial charge in [0.15, 0.2) is 0 Å². The lowest BCUT2D eigenvalue weighted by atomic mass is 9.75. The van der Waals surface area contributed by atoms with E-state index in [1.807, 2.05) is 0 Å². The molecule has 0 atom stereocenters. The Morgan fingerprint density at radius 1 is 1.23 bits per heavy atom. The molecule has 1 heterocycles. The second-order valence-electron chi connectivity index (χ2n) is 6.02. The molecule has 0 spiro atoms. The van der Waals surface area contributed by atoms with Crippen LogP contribution < -0.4 is 5.32 Å². The van der Waals surface area contributed by atoms with Crippen LogP contribution in [-0.2, 0) is 9.59 Å². The third-order valence-corrected chi connectivity index (χ3v) is 4.27. The summed E-state index contributed by atoms with van der Waals surface area (Å²) in [6.45, 7) is 6.10. The fraction of sp³-hybridized carbons (Fsp3) is 0.857. The molecule has 1 aliphatic carbocycles. The highest BCUT2D eigenvalue weighted by Gasteiger charge is 2.42. The summed E-state index contributed by atoms with van der Waals surface area (Å²) in [4.78, 5) is 22.9. The van der Waals surface area contributed by atoms with Gasteiger partial charge in [-0.15, -0.1) is 0 Å². The number of nitrogens with zero attached hydrogens (tertiary/aromatic N) is 1. The van der Waals surface area contributed by atoms with E-state index in [4.69, 9.17) is 9.90 Å². The molecule has 8 heteroatoms. The molecule has 1 amide bonds. The lowest BCUT2D eigenvalue weighted by Gasteiger charge is -2.52. The molecule has 2 N–H and O–H groups in total. The Bertz CT molecular complexity index is 403. The highest BCUT2D eigenvalue weighted by molar-refractivity contribution is 5.74. The van der Waals surface area contributed by atoms with Gasteiger partial charge in [-0.05, 0) is 52.1 Å². The minimum Gasteiger partial charge on any atom is -0.475 e. The van der Waals surface area contributed by atoms with Crippen molar-refractivity contribution in [1.82, 2.24) is 10.2 Å². The standard InChI is InChI=1S/C12H22N2O.C2HF3O2/c1-10(15)14(12(2)6-3-7-12)11-4-8-13-9-5-11;3-2(4,5)1(6)7/h11,13H,3-9H2,1-2H3;(H,6,7). The summed E-state index contributed by atoms with van der Waals surface area (Å²) in [6, 6.07) is 0.481. The first-order chi connectivity index (χ1) is 10.1. The summed E-state index contributed by atoms with van der Waals surface area (Å²) in [6.07, 6.45) is 0.822. The zero-order valence-corrected chi connectivity index (χ0v) is 12.9. The lowest BCUT2D eigenvalue weighted by molar-refractivity contribution is -0.192. The van der Waals surface area contributed by atoms with Crippen LogP contribution in [0.1, 0.15) is 46.0 Å². The molecule has 0 radical (unpaired) electrons. The van der Waals surface area contributed by atoms with E-state index in [1.54, 1.807) is 6.92 Å². The summed E-state index contributed by atoms with van der Waals surface area (Å²) >= 11 is 0. The maximum atomic E-state index is 11.8. The molecule has 0 unspecified atom stereocenters. The highest BCUT2D eigenvalue weighted by Crippen LogP contribution is 2.39. The molecular weight excluding hydrogens is 301 g/mol. The number of halogens is 3. The minimum absolute atomic E-state index is 0.174. The number of alkyl halides is 3. The van der Waals surface area contributed by atoms with Crippen LogP contribution in [0, 0.1) is 0 Å². The van der Waals surface area contributed by atoms with Crippen LogP contribution in [0.2, 0.25) is 0 Å². The Labute approximate surface area is 127 Å². The number of hydrogen-bond acceptors (Lipinski definition) is 3.